The van der Waals surface area contributed by atoms with Gasteiger partial charge >= 0.3 is 0 Å². The normalized spacial score (nSPS) is 13.3. The van der Waals surface area contributed by atoms with Crippen molar-refractivity contribution in [2.45, 2.75) is 0 Å². The van der Waals surface area contributed by atoms with Crippen LogP contribution in [0, 0.1) is 0 Å². The van der Waals surface area contributed by atoms with Crippen LogP contribution in [0.25, 0.3) is 89.5 Å². The molecule has 0 N–H and O–H groups in total. The first kappa shape index (κ1) is 22.0. The quantitative estimate of drug-likeness (QED) is 0.183. The fourth-order valence-electron chi connectivity index (χ4n) is 5.91. The number of fused-ring (bicyclic) bond motifs is 3. The maximum absolute atomic E-state index is 9.18. The number of nitrogens with zero attached hydrogens (tertiary/aromatic N) is 3. The third-order valence-electron chi connectivity index (χ3n) is 8.43. The van der Waals surface area contributed by atoms with Gasteiger partial charge in [0.05, 0.1) is 9.60 Å². The second-order valence-corrected chi connectivity index (χ2v) is 11.5. The van der Waals surface area contributed by atoms with E-state index in [-0.39, 0.29) is 51.7 Å². The molecule has 2 heterocycles. The molecule has 9 aromatic rings. The zero-order valence-corrected chi connectivity index (χ0v) is 26.0. The van der Waals surface area contributed by atoms with Gasteiger partial charge in [-0.15, -0.1) is 0 Å². The summed E-state index contributed by atoms with van der Waals surface area (Å²) in [6, 6.07) is 40.9. The summed E-state index contributed by atoms with van der Waals surface area (Å²) < 4.78 is 65.7. The van der Waals surface area contributed by atoms with Crippen LogP contribution in [0.15, 0.2) is 180 Å². The molecule has 2 aromatic heterocycles. The lowest BCUT2D eigenvalue weighted by Gasteiger charge is -2.10. The van der Waals surface area contributed by atoms with E-state index in [0.717, 1.165) is 38.9 Å². The van der Waals surface area contributed by atoms with Crippen LogP contribution in [-0.4, -0.2) is 15.0 Å². The van der Waals surface area contributed by atoms with Crippen molar-refractivity contribution in [1.82, 2.24) is 15.0 Å². The maximum atomic E-state index is 9.18. The van der Waals surface area contributed by atoms with E-state index in [0.29, 0.717) is 23.0 Å². The van der Waals surface area contributed by atoms with Gasteiger partial charge in [0.2, 0.25) is 0 Å². The molecule has 230 valence electrons. The lowest BCUT2D eigenvalue weighted by Crippen LogP contribution is -2.00. The van der Waals surface area contributed by atoms with Crippen molar-refractivity contribution in [2.75, 3.05) is 0 Å². The molecule has 0 fully saturated rings. The summed E-state index contributed by atoms with van der Waals surface area (Å²) in [4.78, 5) is 14.7. The molecule has 0 radical (unpaired) electrons. The zero-order chi connectivity index (χ0) is 38.7. The second-order valence-electron chi connectivity index (χ2n) is 11.5. The summed E-state index contributed by atoms with van der Waals surface area (Å²) in [6.45, 7) is 0. The van der Waals surface area contributed by atoms with Crippen molar-refractivity contribution in [3.05, 3.63) is 176 Å². The molecule has 49 heavy (non-hydrogen) atoms. The highest BCUT2D eigenvalue weighted by Crippen LogP contribution is 2.34. The minimum atomic E-state index is -0.467. The van der Waals surface area contributed by atoms with Gasteiger partial charge in [-0.05, 0) is 57.6 Å². The zero-order valence-electron chi connectivity index (χ0n) is 33.0. The van der Waals surface area contributed by atoms with E-state index < -0.39 is 18.1 Å². The fourth-order valence-corrected chi connectivity index (χ4v) is 5.91. The second kappa shape index (κ2) is 12.2. The molecule has 0 aliphatic carbocycles. The Labute approximate surface area is 293 Å². The van der Waals surface area contributed by atoms with Crippen LogP contribution in [-0.2, 0) is 0 Å². The van der Waals surface area contributed by atoms with Crippen molar-refractivity contribution in [3.8, 4) is 67.5 Å². The van der Waals surface area contributed by atoms with Crippen molar-refractivity contribution < 1.29 is 14.0 Å². The van der Waals surface area contributed by atoms with Gasteiger partial charge in [-0.25, -0.2) is 15.0 Å². The SMILES string of the molecule is [2H]c1c([2H])c([2H])c2c(oc3c([2H])c([2H])c(-c4cccc(-c5ccc(-c6nc(-c7ccccc7)nc(-c7ccc(-c8ccccc8)cc7)n6)cc5)c4)c([2H])c32)c1[2H]. The van der Waals surface area contributed by atoms with E-state index in [2.05, 4.69) is 24.3 Å². The molecule has 0 saturated carbocycles. The van der Waals surface area contributed by atoms with Gasteiger partial charge in [0.25, 0.3) is 0 Å². The van der Waals surface area contributed by atoms with E-state index in [1.165, 1.54) is 0 Å². The van der Waals surface area contributed by atoms with E-state index in [1.807, 2.05) is 103 Å². The van der Waals surface area contributed by atoms with Gasteiger partial charge in [0.15, 0.2) is 17.5 Å². The Morgan fingerprint density at radius 1 is 0.367 bits per heavy atom. The molecule has 9 rings (SSSR count). The predicted octanol–water partition coefficient (Wildman–Crippen LogP) is 11.8. The molecule has 0 aliphatic heterocycles. The monoisotopic (exact) mass is 634 g/mol. The first-order chi connectivity index (χ1) is 27.2. The topological polar surface area (TPSA) is 51.8 Å². The van der Waals surface area contributed by atoms with Gasteiger partial charge < -0.3 is 4.42 Å². The fraction of sp³-hybridized carbons (Fsp3) is 0. The molecule has 0 unspecified atom stereocenters. The van der Waals surface area contributed by atoms with Gasteiger partial charge in [0.1, 0.15) is 11.2 Å². The van der Waals surface area contributed by atoms with Crippen LogP contribution >= 0.6 is 0 Å². The number of hydrogen-bond donors (Lipinski definition) is 0. The average molecular weight is 635 g/mol. The first-order valence-electron chi connectivity index (χ1n) is 19.3. The molecule has 0 saturated heterocycles. The molecule has 0 atom stereocenters. The number of para-hydroxylation sites is 1. The van der Waals surface area contributed by atoms with Gasteiger partial charge in [-0.3, -0.25) is 0 Å². The first-order valence-corrected chi connectivity index (χ1v) is 15.8. The molecule has 0 aliphatic rings. The highest BCUT2D eigenvalue weighted by molar-refractivity contribution is 6.06. The van der Waals surface area contributed by atoms with Crippen LogP contribution in [0.4, 0.5) is 0 Å². The summed E-state index contributed by atoms with van der Waals surface area (Å²) in [7, 11) is 0. The molecule has 4 heteroatoms. The number of furan rings is 1. The van der Waals surface area contributed by atoms with Crippen molar-refractivity contribution in [3.63, 3.8) is 0 Å². The number of hydrogen-bond acceptors (Lipinski definition) is 4. The Morgan fingerprint density at radius 2 is 0.816 bits per heavy atom. The molecule has 0 bridgehead atoms. The molecule has 0 spiro atoms. The van der Waals surface area contributed by atoms with Crippen molar-refractivity contribution in [2.24, 2.45) is 0 Å². The number of aromatic nitrogens is 3. The number of rotatable bonds is 6. The minimum absolute atomic E-state index is 0.0265. The summed E-state index contributed by atoms with van der Waals surface area (Å²) in [5.41, 5.74) is 6.82. The predicted molar refractivity (Wildman–Crippen MR) is 200 cm³/mol. The maximum Gasteiger partial charge on any atom is 0.164 e. The van der Waals surface area contributed by atoms with Crippen LogP contribution in [0.3, 0.4) is 0 Å². The minimum Gasteiger partial charge on any atom is -0.456 e. The van der Waals surface area contributed by atoms with Gasteiger partial charge in [0, 0.05) is 27.5 Å². The third kappa shape index (κ3) is 5.56. The molecule has 4 nitrogen and oxygen atoms in total. The highest BCUT2D eigenvalue weighted by Gasteiger charge is 2.14. The number of benzene rings is 7. The highest BCUT2D eigenvalue weighted by atomic mass is 16.3. The molecular formula is C45H29N3O. The van der Waals surface area contributed by atoms with Crippen LogP contribution in [0.5, 0.6) is 0 Å². The van der Waals surface area contributed by atoms with E-state index in [9.17, 15) is 1.37 Å². The smallest absolute Gasteiger partial charge is 0.164 e. The Hall–Kier alpha value is -6.65. The van der Waals surface area contributed by atoms with Crippen LogP contribution < -0.4 is 0 Å². The molecule has 7 aromatic carbocycles. The molecule has 0 amide bonds. The Morgan fingerprint density at radius 3 is 1.45 bits per heavy atom. The van der Waals surface area contributed by atoms with E-state index in [1.54, 1.807) is 6.07 Å². The van der Waals surface area contributed by atoms with Gasteiger partial charge in [-0.2, -0.15) is 0 Å². The van der Waals surface area contributed by atoms with Crippen LogP contribution in [0.1, 0.15) is 9.60 Å². The summed E-state index contributed by atoms with van der Waals surface area (Å²) in [6.07, 6.45) is 0. The Bertz CT molecular complexity index is 2970. The van der Waals surface area contributed by atoms with Gasteiger partial charge in [-0.1, -0.05) is 152 Å². The molecular weight excluding hydrogens is 599 g/mol. The largest absolute Gasteiger partial charge is 0.456 e. The Balaban J connectivity index is 1.10. The standard InChI is InChI=1S/C45H29N3O/c1-3-10-30(11-4-1)31-18-22-34(23-19-31)44-46-43(33-12-5-2-6-13-33)47-45(48-44)35-24-20-32(21-25-35)36-14-9-15-37(28-36)38-26-27-42-40(29-38)39-16-7-8-17-41(39)49-42/h1-29H/i7D,8D,16D,17D,26D,27D,29D. The van der Waals surface area contributed by atoms with Crippen molar-refractivity contribution in [1.29, 1.82) is 0 Å². The lowest BCUT2D eigenvalue weighted by molar-refractivity contribution is 0.669. The van der Waals surface area contributed by atoms with Crippen molar-refractivity contribution >= 4 is 21.9 Å². The summed E-state index contributed by atoms with van der Waals surface area (Å²) >= 11 is 0. The average Bonchev–Trinajstić information content (AvgIpc) is 3.67. The Kier molecular flexibility index (Phi) is 5.47. The van der Waals surface area contributed by atoms with E-state index >= 15 is 0 Å². The summed E-state index contributed by atoms with van der Waals surface area (Å²) in [5, 5.41) is 0.107. The van der Waals surface area contributed by atoms with E-state index in [4.69, 9.17) is 27.6 Å². The lowest BCUT2D eigenvalue weighted by atomic mass is 9.97. The third-order valence-corrected chi connectivity index (χ3v) is 8.43. The summed E-state index contributed by atoms with van der Waals surface area (Å²) in [5.74, 6) is 1.62. The van der Waals surface area contributed by atoms with Crippen LogP contribution in [0.2, 0.25) is 0 Å².